The number of hydrogen-bond acceptors (Lipinski definition) is 3. The van der Waals surface area contributed by atoms with Crippen LogP contribution >= 0.6 is 0 Å². The molecule has 1 aromatic carbocycles. The van der Waals surface area contributed by atoms with Crippen LogP contribution in [0.15, 0.2) is 24.3 Å². The zero-order valence-corrected chi connectivity index (χ0v) is 12.1. The molecule has 0 aliphatic heterocycles. The molecule has 4 fully saturated rings. The van der Waals surface area contributed by atoms with Crippen molar-refractivity contribution in [3.63, 3.8) is 0 Å². The van der Waals surface area contributed by atoms with E-state index in [0.29, 0.717) is 0 Å². The van der Waals surface area contributed by atoms with Crippen LogP contribution in [0.2, 0.25) is 0 Å². The number of benzene rings is 1. The normalized spacial score (nSPS) is 38.4. The van der Waals surface area contributed by atoms with Gasteiger partial charge in [0, 0.05) is 17.5 Å². The van der Waals surface area contributed by atoms with E-state index in [1.807, 2.05) is 0 Å². The predicted molar refractivity (Wildman–Crippen MR) is 78.7 cm³/mol. The second-order valence-electron chi connectivity index (χ2n) is 7.53. The molecule has 0 spiro atoms. The molecule has 1 aromatic rings. The first-order chi connectivity index (χ1) is 10.1. The lowest BCUT2D eigenvalue weighted by Gasteiger charge is -2.58. The van der Waals surface area contributed by atoms with Crippen LogP contribution < -0.4 is 0 Å². The quantitative estimate of drug-likeness (QED) is 0.678. The van der Waals surface area contributed by atoms with E-state index >= 15 is 0 Å². The summed E-state index contributed by atoms with van der Waals surface area (Å²) in [6.07, 6.45) is 7.00. The van der Waals surface area contributed by atoms with Crippen molar-refractivity contribution in [3.8, 4) is 0 Å². The fraction of sp³-hybridized carbons (Fsp3) is 0.647. The standard InChI is InChI=1S/C17H21NO3/c19-16(14-1-3-15(4-2-14)18(20)21)17-8-11-5-12(9-17)7-13(6-11)10-17/h1-4,11-13,16,19H,5-10H2. The molecule has 4 aliphatic carbocycles. The van der Waals surface area contributed by atoms with Gasteiger partial charge in [-0.2, -0.15) is 0 Å². The third-order valence-corrected chi connectivity index (χ3v) is 6.09. The van der Waals surface area contributed by atoms with E-state index < -0.39 is 6.10 Å². The number of nitro benzene ring substituents is 1. The molecule has 21 heavy (non-hydrogen) atoms. The SMILES string of the molecule is O=[N+]([O-])c1ccc(C(O)C23CC4CC(CC(C4)C2)C3)cc1. The summed E-state index contributed by atoms with van der Waals surface area (Å²) < 4.78 is 0. The average Bonchev–Trinajstić information content (AvgIpc) is 2.45. The Bertz CT molecular complexity index is 531. The van der Waals surface area contributed by atoms with Crippen molar-refractivity contribution in [3.05, 3.63) is 39.9 Å². The number of hydrogen-bond donors (Lipinski definition) is 1. The van der Waals surface area contributed by atoms with Gasteiger partial charge in [0.1, 0.15) is 0 Å². The lowest BCUT2D eigenvalue weighted by Crippen LogP contribution is -2.48. The summed E-state index contributed by atoms with van der Waals surface area (Å²) >= 11 is 0. The number of rotatable bonds is 3. The first-order valence-electron chi connectivity index (χ1n) is 7.98. The minimum atomic E-state index is -0.466. The van der Waals surface area contributed by atoms with Gasteiger partial charge in [0.2, 0.25) is 0 Å². The zero-order chi connectivity index (χ0) is 14.6. The highest BCUT2D eigenvalue weighted by atomic mass is 16.6. The fourth-order valence-corrected chi connectivity index (χ4v) is 5.64. The Balaban J connectivity index is 1.62. The summed E-state index contributed by atoms with van der Waals surface area (Å²) in [7, 11) is 0. The molecule has 0 heterocycles. The summed E-state index contributed by atoms with van der Waals surface area (Å²) in [5.41, 5.74) is 0.976. The topological polar surface area (TPSA) is 63.4 Å². The molecule has 1 atom stereocenters. The van der Waals surface area contributed by atoms with Crippen LogP contribution in [0.4, 0.5) is 5.69 Å². The highest BCUT2D eigenvalue weighted by molar-refractivity contribution is 5.34. The van der Waals surface area contributed by atoms with Gasteiger partial charge in [0.25, 0.3) is 5.69 Å². The second kappa shape index (κ2) is 4.54. The van der Waals surface area contributed by atoms with E-state index in [9.17, 15) is 15.2 Å². The van der Waals surface area contributed by atoms with Crippen molar-refractivity contribution < 1.29 is 10.0 Å². The molecule has 4 heteroatoms. The van der Waals surface area contributed by atoms with Gasteiger partial charge in [-0.05, 0) is 74.0 Å². The van der Waals surface area contributed by atoms with Crippen LogP contribution in [0.3, 0.4) is 0 Å². The van der Waals surface area contributed by atoms with Crippen LogP contribution in [-0.2, 0) is 0 Å². The van der Waals surface area contributed by atoms with Gasteiger partial charge >= 0.3 is 0 Å². The molecule has 0 saturated heterocycles. The van der Waals surface area contributed by atoms with Gasteiger partial charge in [0.15, 0.2) is 0 Å². The Morgan fingerprint density at radius 1 is 1.05 bits per heavy atom. The molecular formula is C17H21NO3. The smallest absolute Gasteiger partial charge is 0.269 e. The fourth-order valence-electron chi connectivity index (χ4n) is 5.64. The van der Waals surface area contributed by atoms with Crippen LogP contribution in [-0.4, -0.2) is 10.0 Å². The number of nitrogens with zero attached hydrogens (tertiary/aromatic N) is 1. The summed E-state index contributed by atoms with van der Waals surface area (Å²) in [6, 6.07) is 6.50. The molecule has 1 N–H and O–H groups in total. The summed E-state index contributed by atoms with van der Waals surface area (Å²) in [4.78, 5) is 10.4. The molecular weight excluding hydrogens is 266 g/mol. The Morgan fingerprint density at radius 3 is 1.95 bits per heavy atom. The van der Waals surface area contributed by atoms with Crippen molar-refractivity contribution in [1.29, 1.82) is 0 Å². The van der Waals surface area contributed by atoms with Gasteiger partial charge < -0.3 is 5.11 Å². The van der Waals surface area contributed by atoms with Gasteiger partial charge in [-0.3, -0.25) is 10.1 Å². The van der Waals surface area contributed by atoms with Gasteiger partial charge in [-0.25, -0.2) is 0 Å². The average molecular weight is 287 g/mol. The predicted octanol–water partition coefficient (Wildman–Crippen LogP) is 3.84. The number of nitro groups is 1. The molecule has 0 aromatic heterocycles. The van der Waals surface area contributed by atoms with Crippen molar-refractivity contribution in [2.24, 2.45) is 23.2 Å². The van der Waals surface area contributed by atoms with Gasteiger partial charge in [0.05, 0.1) is 11.0 Å². The van der Waals surface area contributed by atoms with Crippen LogP contribution in [0.5, 0.6) is 0 Å². The Kier molecular flexibility index (Phi) is 2.86. The maximum atomic E-state index is 10.9. The van der Waals surface area contributed by atoms with E-state index in [-0.39, 0.29) is 16.0 Å². The van der Waals surface area contributed by atoms with Crippen LogP contribution in [0.25, 0.3) is 0 Å². The summed E-state index contributed by atoms with van der Waals surface area (Å²) in [5, 5.41) is 21.7. The molecule has 5 rings (SSSR count). The molecule has 112 valence electrons. The van der Waals surface area contributed by atoms with E-state index in [2.05, 4.69) is 0 Å². The first kappa shape index (κ1) is 13.3. The Labute approximate surface area is 124 Å². The van der Waals surface area contributed by atoms with Crippen molar-refractivity contribution in [2.75, 3.05) is 0 Å². The highest BCUT2D eigenvalue weighted by Gasteiger charge is 2.54. The Hall–Kier alpha value is -1.42. The van der Waals surface area contributed by atoms with Crippen molar-refractivity contribution >= 4 is 5.69 Å². The highest BCUT2D eigenvalue weighted by Crippen LogP contribution is 2.64. The van der Waals surface area contributed by atoms with Gasteiger partial charge in [-0.15, -0.1) is 0 Å². The summed E-state index contributed by atoms with van der Waals surface area (Å²) in [5.74, 6) is 2.39. The van der Waals surface area contributed by atoms with E-state index in [1.165, 1.54) is 31.4 Å². The summed E-state index contributed by atoms with van der Waals surface area (Å²) in [6.45, 7) is 0. The molecule has 4 bridgehead atoms. The molecule has 0 radical (unpaired) electrons. The van der Waals surface area contributed by atoms with Crippen LogP contribution in [0.1, 0.15) is 50.2 Å². The van der Waals surface area contributed by atoms with Crippen LogP contribution in [0, 0.1) is 33.3 Å². The minimum absolute atomic E-state index is 0.0326. The lowest BCUT2D eigenvalue weighted by molar-refractivity contribution is -0.384. The van der Waals surface area contributed by atoms with Gasteiger partial charge in [-0.1, -0.05) is 0 Å². The molecule has 0 amide bonds. The Morgan fingerprint density at radius 2 is 1.52 bits per heavy atom. The molecule has 1 unspecified atom stereocenters. The molecule has 4 nitrogen and oxygen atoms in total. The zero-order valence-electron chi connectivity index (χ0n) is 12.1. The maximum Gasteiger partial charge on any atom is 0.269 e. The second-order valence-corrected chi connectivity index (χ2v) is 7.53. The third-order valence-electron chi connectivity index (χ3n) is 6.09. The van der Waals surface area contributed by atoms with E-state index in [1.54, 1.807) is 12.1 Å². The maximum absolute atomic E-state index is 10.9. The third kappa shape index (κ3) is 2.08. The van der Waals surface area contributed by atoms with E-state index in [0.717, 1.165) is 42.6 Å². The number of non-ortho nitro benzene ring substituents is 1. The largest absolute Gasteiger partial charge is 0.388 e. The van der Waals surface area contributed by atoms with E-state index in [4.69, 9.17) is 0 Å². The van der Waals surface area contributed by atoms with Crippen molar-refractivity contribution in [2.45, 2.75) is 44.6 Å². The molecule has 4 saturated carbocycles. The lowest BCUT2D eigenvalue weighted by atomic mass is 9.47. The monoisotopic (exact) mass is 287 g/mol. The number of aliphatic hydroxyl groups excluding tert-OH is 1. The number of aliphatic hydroxyl groups is 1. The first-order valence-corrected chi connectivity index (χ1v) is 7.98. The molecule has 4 aliphatic rings. The van der Waals surface area contributed by atoms with Crippen molar-refractivity contribution in [1.82, 2.24) is 0 Å². The minimum Gasteiger partial charge on any atom is -0.388 e.